The number of amides is 1. The van der Waals surface area contributed by atoms with Crippen LogP contribution in [-0.4, -0.2) is 23.5 Å². The summed E-state index contributed by atoms with van der Waals surface area (Å²) in [6, 6.07) is 11.5. The Morgan fingerprint density at radius 2 is 1.67 bits per heavy atom. The van der Waals surface area contributed by atoms with E-state index in [0.29, 0.717) is 0 Å². The van der Waals surface area contributed by atoms with Gasteiger partial charge in [-0.1, -0.05) is 24.3 Å². The van der Waals surface area contributed by atoms with E-state index >= 15 is 0 Å². The van der Waals surface area contributed by atoms with Crippen LogP contribution >= 0.6 is 0 Å². The second kappa shape index (κ2) is 6.03. The highest BCUT2D eigenvalue weighted by atomic mass is 16.5. The van der Waals surface area contributed by atoms with Crippen LogP contribution in [0.2, 0.25) is 0 Å². The average molecular weight is 285 g/mol. The maximum Gasteiger partial charge on any atom is 0.240 e. The molecule has 1 aromatic heterocycles. The first-order valence-corrected chi connectivity index (χ1v) is 6.58. The van der Waals surface area contributed by atoms with Crippen molar-refractivity contribution in [3.05, 3.63) is 54.4 Å². The Morgan fingerprint density at radius 1 is 1.14 bits per heavy atom. The SMILES string of the molecule is COC(c1ccc(-c2ccncc2)cc1)C(C)(N)C(N)=O. The first-order valence-electron chi connectivity index (χ1n) is 6.58. The summed E-state index contributed by atoms with van der Waals surface area (Å²) in [6.07, 6.45) is 2.89. The minimum absolute atomic E-state index is 0.596. The number of pyridine rings is 1. The molecule has 0 aliphatic heterocycles. The second-order valence-corrected chi connectivity index (χ2v) is 5.12. The highest BCUT2D eigenvalue weighted by Crippen LogP contribution is 2.29. The number of hydrogen-bond acceptors (Lipinski definition) is 4. The molecule has 21 heavy (non-hydrogen) atoms. The van der Waals surface area contributed by atoms with Crippen molar-refractivity contribution in [3.8, 4) is 11.1 Å². The molecule has 0 spiro atoms. The largest absolute Gasteiger partial charge is 0.374 e. The third kappa shape index (κ3) is 3.09. The van der Waals surface area contributed by atoms with E-state index in [1.54, 1.807) is 19.3 Å². The van der Waals surface area contributed by atoms with Crippen LogP contribution in [0, 0.1) is 0 Å². The van der Waals surface area contributed by atoms with Gasteiger partial charge in [-0.15, -0.1) is 0 Å². The molecule has 1 heterocycles. The summed E-state index contributed by atoms with van der Waals surface area (Å²) in [6.45, 7) is 1.57. The van der Waals surface area contributed by atoms with Crippen molar-refractivity contribution >= 4 is 5.91 Å². The fourth-order valence-electron chi connectivity index (χ4n) is 2.25. The molecule has 2 rings (SSSR count). The van der Waals surface area contributed by atoms with Gasteiger partial charge in [0, 0.05) is 19.5 Å². The molecule has 0 saturated heterocycles. The van der Waals surface area contributed by atoms with E-state index in [4.69, 9.17) is 16.2 Å². The molecule has 5 nitrogen and oxygen atoms in total. The molecule has 0 aliphatic rings. The Balaban J connectivity index is 2.32. The van der Waals surface area contributed by atoms with Crippen LogP contribution in [-0.2, 0) is 9.53 Å². The van der Waals surface area contributed by atoms with Gasteiger partial charge in [-0.2, -0.15) is 0 Å². The number of aromatic nitrogens is 1. The van der Waals surface area contributed by atoms with Gasteiger partial charge in [0.05, 0.1) is 0 Å². The van der Waals surface area contributed by atoms with Gasteiger partial charge >= 0.3 is 0 Å². The van der Waals surface area contributed by atoms with Crippen LogP contribution in [0.4, 0.5) is 0 Å². The van der Waals surface area contributed by atoms with Crippen molar-refractivity contribution in [1.29, 1.82) is 0 Å². The first kappa shape index (κ1) is 15.2. The fourth-order valence-corrected chi connectivity index (χ4v) is 2.25. The average Bonchev–Trinajstić information content (AvgIpc) is 2.49. The fraction of sp³-hybridized carbons (Fsp3) is 0.250. The molecule has 0 bridgehead atoms. The van der Waals surface area contributed by atoms with E-state index in [1.165, 1.54) is 7.11 Å². The molecule has 2 aromatic rings. The zero-order valence-electron chi connectivity index (χ0n) is 12.1. The van der Waals surface area contributed by atoms with Crippen molar-refractivity contribution in [2.45, 2.75) is 18.6 Å². The minimum atomic E-state index is -1.27. The maximum absolute atomic E-state index is 11.5. The highest BCUT2D eigenvalue weighted by Gasteiger charge is 2.37. The van der Waals surface area contributed by atoms with E-state index in [9.17, 15) is 4.79 Å². The Bertz CT molecular complexity index is 609. The van der Waals surface area contributed by atoms with Gasteiger partial charge in [0.15, 0.2) is 0 Å². The lowest BCUT2D eigenvalue weighted by Gasteiger charge is -2.30. The van der Waals surface area contributed by atoms with Crippen LogP contribution in [0.3, 0.4) is 0 Å². The predicted molar refractivity (Wildman–Crippen MR) is 81.2 cm³/mol. The van der Waals surface area contributed by atoms with Crippen LogP contribution in [0.1, 0.15) is 18.6 Å². The Labute approximate surface area is 123 Å². The molecule has 0 fully saturated rings. The second-order valence-electron chi connectivity index (χ2n) is 5.12. The minimum Gasteiger partial charge on any atom is -0.374 e. The molecular weight excluding hydrogens is 266 g/mol. The van der Waals surface area contributed by atoms with E-state index < -0.39 is 17.6 Å². The normalized spacial score (nSPS) is 15.2. The van der Waals surface area contributed by atoms with Gasteiger partial charge < -0.3 is 16.2 Å². The molecule has 110 valence electrons. The zero-order valence-corrected chi connectivity index (χ0v) is 12.1. The number of carbonyl (C=O) groups is 1. The van der Waals surface area contributed by atoms with Crippen LogP contribution in [0.5, 0.6) is 0 Å². The van der Waals surface area contributed by atoms with Crippen molar-refractivity contribution in [1.82, 2.24) is 4.98 Å². The number of methoxy groups -OCH3 is 1. The third-order valence-electron chi connectivity index (χ3n) is 3.54. The van der Waals surface area contributed by atoms with Crippen LogP contribution in [0.15, 0.2) is 48.8 Å². The molecular formula is C16H19N3O2. The van der Waals surface area contributed by atoms with Gasteiger partial charge in [-0.3, -0.25) is 9.78 Å². The van der Waals surface area contributed by atoms with E-state index in [1.807, 2.05) is 36.4 Å². The van der Waals surface area contributed by atoms with E-state index in [-0.39, 0.29) is 0 Å². The number of carbonyl (C=O) groups excluding carboxylic acids is 1. The van der Waals surface area contributed by atoms with Crippen molar-refractivity contribution in [2.75, 3.05) is 7.11 Å². The molecule has 1 aromatic carbocycles. The smallest absolute Gasteiger partial charge is 0.240 e. The molecule has 0 aliphatic carbocycles. The summed E-state index contributed by atoms with van der Waals surface area (Å²) < 4.78 is 5.37. The summed E-state index contributed by atoms with van der Waals surface area (Å²) >= 11 is 0. The third-order valence-corrected chi connectivity index (χ3v) is 3.54. The van der Waals surface area contributed by atoms with E-state index in [0.717, 1.165) is 16.7 Å². The number of nitrogens with two attached hydrogens (primary N) is 2. The number of rotatable bonds is 5. The molecule has 5 heteroatoms. The summed E-state index contributed by atoms with van der Waals surface area (Å²) in [5.74, 6) is -0.604. The quantitative estimate of drug-likeness (QED) is 0.873. The van der Waals surface area contributed by atoms with Gasteiger partial charge in [0.2, 0.25) is 5.91 Å². The Morgan fingerprint density at radius 3 is 2.14 bits per heavy atom. The number of primary amides is 1. The first-order chi connectivity index (χ1) is 9.96. The molecule has 1 amide bonds. The topological polar surface area (TPSA) is 91.2 Å². The lowest BCUT2D eigenvalue weighted by Crippen LogP contribution is -2.54. The molecule has 4 N–H and O–H groups in total. The number of nitrogens with zero attached hydrogens (tertiary/aromatic N) is 1. The maximum atomic E-state index is 11.5. The van der Waals surface area contributed by atoms with Crippen LogP contribution in [0.25, 0.3) is 11.1 Å². The number of benzene rings is 1. The lowest BCUT2D eigenvalue weighted by atomic mass is 9.89. The Hall–Kier alpha value is -2.24. The van der Waals surface area contributed by atoms with Crippen molar-refractivity contribution in [3.63, 3.8) is 0 Å². The monoisotopic (exact) mass is 285 g/mol. The molecule has 2 atom stereocenters. The van der Waals surface area contributed by atoms with Gasteiger partial charge in [0.1, 0.15) is 11.6 Å². The summed E-state index contributed by atoms with van der Waals surface area (Å²) in [4.78, 5) is 15.5. The standard InChI is InChI=1S/C16H19N3O2/c1-16(18,15(17)20)14(21-2)13-5-3-11(4-6-13)12-7-9-19-10-8-12/h3-10,14H,18H2,1-2H3,(H2,17,20). The van der Waals surface area contributed by atoms with E-state index in [2.05, 4.69) is 4.98 Å². The summed E-state index contributed by atoms with van der Waals surface area (Å²) in [5, 5.41) is 0. The van der Waals surface area contributed by atoms with Gasteiger partial charge in [-0.25, -0.2) is 0 Å². The summed E-state index contributed by atoms with van der Waals surface area (Å²) in [5.41, 5.74) is 13.0. The highest BCUT2D eigenvalue weighted by molar-refractivity contribution is 5.85. The lowest BCUT2D eigenvalue weighted by molar-refractivity contribution is -0.127. The number of hydrogen-bond donors (Lipinski definition) is 2. The Kier molecular flexibility index (Phi) is 4.35. The predicted octanol–water partition coefficient (Wildman–Crippen LogP) is 1.64. The molecule has 2 unspecified atom stereocenters. The van der Waals surface area contributed by atoms with Gasteiger partial charge in [-0.05, 0) is 35.7 Å². The molecule has 0 radical (unpaired) electrons. The van der Waals surface area contributed by atoms with Crippen LogP contribution < -0.4 is 11.5 Å². The van der Waals surface area contributed by atoms with Crippen molar-refractivity contribution in [2.24, 2.45) is 11.5 Å². The molecule has 0 saturated carbocycles. The summed E-state index contributed by atoms with van der Waals surface area (Å²) in [7, 11) is 1.51. The zero-order chi connectivity index (χ0) is 15.5. The van der Waals surface area contributed by atoms with Crippen molar-refractivity contribution < 1.29 is 9.53 Å². The van der Waals surface area contributed by atoms with Gasteiger partial charge in [0.25, 0.3) is 0 Å². The number of ether oxygens (including phenoxy) is 1.